The normalized spacial score (nSPS) is 10.4. The summed E-state index contributed by atoms with van der Waals surface area (Å²) in [6, 6.07) is 20.7. The van der Waals surface area contributed by atoms with Gasteiger partial charge < -0.3 is 9.64 Å². The number of carbonyl (C=O) groups excluding carboxylic acids is 1. The van der Waals surface area contributed by atoms with Crippen LogP contribution in [0.4, 0.5) is 4.39 Å². The molecule has 3 aromatic carbocycles. The number of halogens is 2. The lowest BCUT2D eigenvalue weighted by Gasteiger charge is -2.19. The maximum atomic E-state index is 13.9. The van der Waals surface area contributed by atoms with E-state index >= 15 is 0 Å². The molecule has 0 radical (unpaired) electrons. The average Bonchev–Trinajstić information content (AvgIpc) is 2.65. The van der Waals surface area contributed by atoms with E-state index in [0.717, 1.165) is 0 Å². The molecule has 3 nitrogen and oxygen atoms in total. The number of amides is 1. The Balaban J connectivity index is 1.76. The van der Waals surface area contributed by atoms with Crippen LogP contribution in [0.2, 0.25) is 5.02 Å². The van der Waals surface area contributed by atoms with Crippen LogP contribution in [0.15, 0.2) is 72.8 Å². The van der Waals surface area contributed by atoms with E-state index < -0.39 is 5.82 Å². The predicted octanol–water partition coefficient (Wildman–Crippen LogP) is 5.54. The van der Waals surface area contributed by atoms with Gasteiger partial charge in [0.2, 0.25) is 0 Å². The first kappa shape index (κ1) is 18.0. The largest absolute Gasteiger partial charge is 0.457 e. The minimum absolute atomic E-state index is 0.0775. The van der Waals surface area contributed by atoms with Crippen molar-refractivity contribution < 1.29 is 13.9 Å². The summed E-state index contributed by atoms with van der Waals surface area (Å²) in [7, 11) is 1.61. The van der Waals surface area contributed by atoms with Crippen LogP contribution in [0, 0.1) is 5.82 Å². The van der Waals surface area contributed by atoms with Crippen molar-refractivity contribution in [2.75, 3.05) is 7.05 Å². The van der Waals surface area contributed by atoms with Gasteiger partial charge in [-0.25, -0.2) is 4.39 Å². The van der Waals surface area contributed by atoms with Gasteiger partial charge in [0.15, 0.2) is 0 Å². The number of hydrogen-bond acceptors (Lipinski definition) is 2. The third-order valence-corrected chi connectivity index (χ3v) is 4.22. The second kappa shape index (κ2) is 8.02. The van der Waals surface area contributed by atoms with Crippen LogP contribution >= 0.6 is 11.6 Å². The number of nitrogens with zero attached hydrogens (tertiary/aromatic N) is 1. The number of rotatable bonds is 5. The van der Waals surface area contributed by atoms with Gasteiger partial charge in [0.05, 0.1) is 0 Å². The zero-order valence-electron chi connectivity index (χ0n) is 14.2. The van der Waals surface area contributed by atoms with Crippen molar-refractivity contribution in [1.82, 2.24) is 4.90 Å². The molecule has 0 aliphatic carbocycles. The number of hydrogen-bond donors (Lipinski definition) is 0. The van der Waals surface area contributed by atoms with Crippen LogP contribution in [0.3, 0.4) is 0 Å². The van der Waals surface area contributed by atoms with E-state index in [1.165, 1.54) is 17.0 Å². The number of ether oxygens (including phenoxy) is 1. The second-order valence-corrected chi connectivity index (χ2v) is 6.21. The molecular weight excluding hydrogens is 353 g/mol. The fourth-order valence-electron chi connectivity index (χ4n) is 2.53. The quantitative estimate of drug-likeness (QED) is 0.590. The number of benzene rings is 3. The van der Waals surface area contributed by atoms with Crippen molar-refractivity contribution in [1.29, 1.82) is 0 Å². The fraction of sp³-hybridized carbons (Fsp3) is 0.0952. The van der Waals surface area contributed by atoms with Gasteiger partial charge in [-0.2, -0.15) is 0 Å². The zero-order valence-corrected chi connectivity index (χ0v) is 14.9. The highest BCUT2D eigenvalue weighted by Gasteiger charge is 2.16. The van der Waals surface area contributed by atoms with Crippen molar-refractivity contribution in [3.63, 3.8) is 0 Å². The summed E-state index contributed by atoms with van der Waals surface area (Å²) in [5.41, 5.74) is 0.745. The van der Waals surface area contributed by atoms with E-state index in [1.807, 2.05) is 30.3 Å². The third-order valence-electron chi connectivity index (χ3n) is 3.86. The van der Waals surface area contributed by atoms with Crippen LogP contribution in [-0.2, 0) is 6.54 Å². The van der Waals surface area contributed by atoms with Crippen molar-refractivity contribution in [2.45, 2.75) is 6.54 Å². The standard InChI is InChI=1S/C21H17ClFNO2/c1-24(14-18-19(22)11-6-12-20(18)23)21(25)15-7-5-10-17(13-15)26-16-8-3-2-4-9-16/h2-13H,14H2,1H3. The highest BCUT2D eigenvalue weighted by atomic mass is 35.5. The third kappa shape index (κ3) is 4.21. The van der Waals surface area contributed by atoms with E-state index in [9.17, 15) is 9.18 Å². The summed E-state index contributed by atoms with van der Waals surface area (Å²) in [5.74, 6) is 0.559. The predicted molar refractivity (Wildman–Crippen MR) is 100 cm³/mol. The molecule has 5 heteroatoms. The minimum Gasteiger partial charge on any atom is -0.457 e. The Labute approximate surface area is 156 Å². The molecule has 0 aromatic heterocycles. The molecule has 0 fully saturated rings. The molecule has 0 bridgehead atoms. The van der Waals surface area contributed by atoms with Crippen LogP contribution in [0.5, 0.6) is 11.5 Å². The molecule has 3 rings (SSSR count). The first-order chi connectivity index (χ1) is 12.5. The number of carbonyl (C=O) groups is 1. The second-order valence-electron chi connectivity index (χ2n) is 5.80. The summed E-state index contributed by atoms with van der Waals surface area (Å²) < 4.78 is 19.7. The molecular formula is C21H17ClFNO2. The minimum atomic E-state index is -0.432. The van der Waals surface area contributed by atoms with Gasteiger partial charge in [0, 0.05) is 29.7 Å². The van der Waals surface area contributed by atoms with Crippen molar-refractivity contribution in [2.24, 2.45) is 0 Å². The van der Waals surface area contributed by atoms with Gasteiger partial charge >= 0.3 is 0 Å². The van der Waals surface area contributed by atoms with Crippen LogP contribution in [0.1, 0.15) is 15.9 Å². The van der Waals surface area contributed by atoms with E-state index in [2.05, 4.69) is 0 Å². The maximum Gasteiger partial charge on any atom is 0.254 e. The highest BCUT2D eigenvalue weighted by molar-refractivity contribution is 6.31. The number of para-hydroxylation sites is 1. The average molecular weight is 370 g/mol. The maximum absolute atomic E-state index is 13.9. The Hall–Kier alpha value is -2.85. The van der Waals surface area contributed by atoms with E-state index in [4.69, 9.17) is 16.3 Å². The van der Waals surface area contributed by atoms with Gasteiger partial charge in [-0.15, -0.1) is 0 Å². The molecule has 0 aliphatic rings. The lowest BCUT2D eigenvalue weighted by Crippen LogP contribution is -2.26. The van der Waals surface area contributed by atoms with E-state index in [0.29, 0.717) is 27.6 Å². The van der Waals surface area contributed by atoms with Crippen LogP contribution in [0.25, 0.3) is 0 Å². The van der Waals surface area contributed by atoms with E-state index in [1.54, 1.807) is 37.4 Å². The van der Waals surface area contributed by atoms with Crippen molar-refractivity contribution in [3.8, 4) is 11.5 Å². The first-order valence-electron chi connectivity index (χ1n) is 8.06. The molecule has 0 heterocycles. The first-order valence-corrected chi connectivity index (χ1v) is 8.43. The monoisotopic (exact) mass is 369 g/mol. The summed E-state index contributed by atoms with van der Waals surface area (Å²) in [6.45, 7) is 0.0775. The Morgan fingerprint density at radius 3 is 2.42 bits per heavy atom. The lowest BCUT2D eigenvalue weighted by atomic mass is 10.1. The molecule has 0 atom stereocenters. The Kier molecular flexibility index (Phi) is 5.54. The molecule has 1 amide bonds. The lowest BCUT2D eigenvalue weighted by molar-refractivity contribution is 0.0783. The van der Waals surface area contributed by atoms with Crippen molar-refractivity contribution in [3.05, 3.63) is 94.8 Å². The molecule has 26 heavy (non-hydrogen) atoms. The van der Waals surface area contributed by atoms with Crippen LogP contribution < -0.4 is 4.74 Å². The smallest absolute Gasteiger partial charge is 0.254 e. The summed E-state index contributed by atoms with van der Waals surface area (Å²) in [5, 5.41) is 0.297. The SMILES string of the molecule is CN(Cc1c(F)cccc1Cl)C(=O)c1cccc(Oc2ccccc2)c1. The topological polar surface area (TPSA) is 29.5 Å². The van der Waals surface area contributed by atoms with Gasteiger partial charge in [-0.05, 0) is 42.5 Å². The molecule has 0 saturated heterocycles. The Bertz CT molecular complexity index is 895. The summed E-state index contributed by atoms with van der Waals surface area (Å²) in [4.78, 5) is 14.1. The molecule has 0 unspecified atom stereocenters. The molecule has 132 valence electrons. The Morgan fingerprint density at radius 2 is 1.69 bits per heavy atom. The zero-order chi connectivity index (χ0) is 18.5. The van der Waals surface area contributed by atoms with E-state index in [-0.39, 0.29) is 12.5 Å². The van der Waals surface area contributed by atoms with Gasteiger partial charge in [0.1, 0.15) is 17.3 Å². The molecule has 0 spiro atoms. The molecule has 3 aromatic rings. The summed E-state index contributed by atoms with van der Waals surface area (Å²) >= 11 is 6.04. The fourth-order valence-corrected chi connectivity index (χ4v) is 2.75. The van der Waals surface area contributed by atoms with Gasteiger partial charge in [-0.1, -0.05) is 41.9 Å². The molecule has 0 saturated carbocycles. The van der Waals surface area contributed by atoms with Crippen molar-refractivity contribution >= 4 is 17.5 Å². The van der Waals surface area contributed by atoms with Gasteiger partial charge in [-0.3, -0.25) is 4.79 Å². The molecule has 0 aliphatic heterocycles. The molecule has 0 N–H and O–H groups in total. The Morgan fingerprint density at radius 1 is 1.00 bits per heavy atom. The van der Waals surface area contributed by atoms with Crippen LogP contribution in [-0.4, -0.2) is 17.9 Å². The highest BCUT2D eigenvalue weighted by Crippen LogP contribution is 2.24. The summed E-state index contributed by atoms with van der Waals surface area (Å²) in [6.07, 6.45) is 0. The van der Waals surface area contributed by atoms with Gasteiger partial charge in [0.25, 0.3) is 5.91 Å².